The van der Waals surface area contributed by atoms with Gasteiger partial charge in [0.2, 0.25) is 0 Å². The van der Waals surface area contributed by atoms with Crippen molar-refractivity contribution in [2.75, 3.05) is 27.2 Å². The van der Waals surface area contributed by atoms with Crippen molar-refractivity contribution in [1.29, 1.82) is 0 Å². The van der Waals surface area contributed by atoms with E-state index in [0.717, 1.165) is 70.7 Å². The van der Waals surface area contributed by atoms with Crippen molar-refractivity contribution >= 4 is 11.4 Å². The quantitative estimate of drug-likeness (QED) is 0.256. The van der Waals surface area contributed by atoms with Crippen LogP contribution in [0.5, 0.6) is 11.5 Å². The van der Waals surface area contributed by atoms with Gasteiger partial charge in [-0.3, -0.25) is 19.8 Å². The lowest BCUT2D eigenvalue weighted by atomic mass is 9.87. The Hall–Kier alpha value is -2.70. The number of aliphatic imine (C=N–C) groups is 2. The number of hydrogen-bond donors (Lipinski definition) is 2. The van der Waals surface area contributed by atoms with Crippen LogP contribution in [0.25, 0.3) is 0 Å². The zero-order valence-electron chi connectivity index (χ0n) is 28.0. The summed E-state index contributed by atoms with van der Waals surface area (Å²) in [5.74, 6) is 1.66. The summed E-state index contributed by atoms with van der Waals surface area (Å²) >= 11 is 0. The molecule has 1 saturated carbocycles. The van der Waals surface area contributed by atoms with Gasteiger partial charge in [-0.05, 0) is 89.7 Å². The summed E-state index contributed by atoms with van der Waals surface area (Å²) in [6, 6.07) is 9.02. The molecule has 2 aromatic carbocycles. The standard InChI is InChI=1S/C36H56N4O2/c1-23(2)19-37-27(7)31-17-25(5)15-29(35(31)41)21-39(9)33-13-11-12-14-34(33)40(10)22-30-16-26(6)18-32(36(30)42)28(8)38-20-24(3)4/h15-18,23-24,33-34,41-42H,11-14,19-22H2,1-10H3/b37-27+,38-28+. The van der Waals surface area contributed by atoms with Gasteiger partial charge in [-0.25, -0.2) is 0 Å². The van der Waals surface area contributed by atoms with E-state index < -0.39 is 0 Å². The number of aromatic hydroxyl groups is 2. The Labute approximate surface area is 255 Å². The molecule has 2 unspecified atom stereocenters. The van der Waals surface area contributed by atoms with Crippen LogP contribution in [-0.4, -0.2) is 70.7 Å². The van der Waals surface area contributed by atoms with Gasteiger partial charge in [0.05, 0.1) is 0 Å². The van der Waals surface area contributed by atoms with Crippen LogP contribution in [0.2, 0.25) is 0 Å². The Morgan fingerprint density at radius 2 is 1.07 bits per heavy atom. The average Bonchev–Trinajstić information content (AvgIpc) is 2.93. The third-order valence-corrected chi connectivity index (χ3v) is 8.50. The predicted molar refractivity (Wildman–Crippen MR) is 178 cm³/mol. The molecule has 0 aromatic heterocycles. The Morgan fingerprint density at radius 3 is 1.40 bits per heavy atom. The largest absolute Gasteiger partial charge is 0.507 e. The van der Waals surface area contributed by atoms with Crippen LogP contribution >= 0.6 is 0 Å². The first kappa shape index (κ1) is 33.8. The Morgan fingerprint density at radius 1 is 0.714 bits per heavy atom. The van der Waals surface area contributed by atoms with E-state index >= 15 is 0 Å². The minimum Gasteiger partial charge on any atom is -0.507 e. The van der Waals surface area contributed by atoms with Gasteiger partial charge in [-0.1, -0.05) is 52.7 Å². The van der Waals surface area contributed by atoms with Crippen LogP contribution in [0.4, 0.5) is 0 Å². The molecular weight excluding hydrogens is 520 g/mol. The van der Waals surface area contributed by atoms with E-state index in [0.29, 0.717) is 48.5 Å². The number of benzene rings is 2. The predicted octanol–water partition coefficient (Wildman–Crippen LogP) is 7.52. The molecule has 1 fully saturated rings. The molecule has 0 heterocycles. The van der Waals surface area contributed by atoms with E-state index in [2.05, 4.69) is 77.6 Å². The molecule has 2 aromatic rings. The van der Waals surface area contributed by atoms with Gasteiger partial charge in [-0.15, -0.1) is 0 Å². The second-order valence-corrected chi connectivity index (χ2v) is 13.5. The van der Waals surface area contributed by atoms with Crippen LogP contribution in [0.15, 0.2) is 34.3 Å². The molecule has 2 atom stereocenters. The lowest BCUT2D eigenvalue weighted by Gasteiger charge is -2.43. The molecule has 1 aliphatic rings. The topological polar surface area (TPSA) is 71.7 Å². The fourth-order valence-corrected chi connectivity index (χ4v) is 6.20. The van der Waals surface area contributed by atoms with Crippen molar-refractivity contribution in [1.82, 2.24) is 9.80 Å². The highest BCUT2D eigenvalue weighted by Crippen LogP contribution is 2.33. The van der Waals surface area contributed by atoms with E-state index in [1.165, 1.54) is 12.8 Å². The molecule has 0 bridgehead atoms. The van der Waals surface area contributed by atoms with Gasteiger partial charge in [0.1, 0.15) is 11.5 Å². The molecule has 42 heavy (non-hydrogen) atoms. The number of likely N-dealkylation sites (N-methyl/N-ethyl adjacent to an activating group) is 2. The number of hydrogen-bond acceptors (Lipinski definition) is 6. The maximum Gasteiger partial charge on any atom is 0.129 e. The monoisotopic (exact) mass is 576 g/mol. The summed E-state index contributed by atoms with van der Waals surface area (Å²) in [6.07, 6.45) is 4.64. The van der Waals surface area contributed by atoms with Crippen LogP contribution < -0.4 is 0 Å². The smallest absolute Gasteiger partial charge is 0.129 e. The van der Waals surface area contributed by atoms with Gasteiger partial charge in [0.25, 0.3) is 0 Å². The summed E-state index contributed by atoms with van der Waals surface area (Å²) in [4.78, 5) is 14.3. The first-order valence-corrected chi connectivity index (χ1v) is 15.9. The first-order chi connectivity index (χ1) is 19.8. The molecule has 0 amide bonds. The molecule has 0 radical (unpaired) electrons. The zero-order chi connectivity index (χ0) is 31.1. The van der Waals surface area contributed by atoms with Gasteiger partial charge in [0.15, 0.2) is 0 Å². The highest BCUT2D eigenvalue weighted by molar-refractivity contribution is 6.02. The molecule has 3 rings (SSSR count). The number of nitrogens with zero attached hydrogens (tertiary/aromatic N) is 4. The SMILES string of the molecule is C/C(=N\CC(C)C)c1cc(C)cc(CN(C)C2CCCCC2N(C)Cc2cc(C)cc(/C(C)=N/CC(C)C)c2O)c1O. The Kier molecular flexibility index (Phi) is 12.2. The minimum absolute atomic E-state index is 0.351. The third-order valence-electron chi connectivity index (χ3n) is 8.50. The summed E-state index contributed by atoms with van der Waals surface area (Å²) < 4.78 is 0. The highest BCUT2D eigenvalue weighted by Gasteiger charge is 2.32. The van der Waals surface area contributed by atoms with Crippen LogP contribution in [0.3, 0.4) is 0 Å². The molecule has 0 spiro atoms. The molecule has 0 aliphatic heterocycles. The van der Waals surface area contributed by atoms with Crippen molar-refractivity contribution in [2.45, 2.75) is 106 Å². The number of rotatable bonds is 12. The van der Waals surface area contributed by atoms with Crippen molar-refractivity contribution in [2.24, 2.45) is 21.8 Å². The Balaban J connectivity index is 1.82. The van der Waals surface area contributed by atoms with Crippen molar-refractivity contribution in [3.63, 3.8) is 0 Å². The molecule has 1 aliphatic carbocycles. The number of phenols is 2. The Bertz CT molecular complexity index is 1170. The third kappa shape index (κ3) is 8.90. The van der Waals surface area contributed by atoms with Crippen molar-refractivity contribution < 1.29 is 10.2 Å². The summed E-state index contributed by atoms with van der Waals surface area (Å²) in [5, 5.41) is 22.6. The van der Waals surface area contributed by atoms with E-state index in [9.17, 15) is 10.2 Å². The average molecular weight is 577 g/mol. The van der Waals surface area contributed by atoms with E-state index in [1.807, 2.05) is 26.0 Å². The van der Waals surface area contributed by atoms with Crippen LogP contribution in [0.1, 0.15) is 101 Å². The minimum atomic E-state index is 0.351. The maximum atomic E-state index is 11.3. The fraction of sp³-hybridized carbons (Fsp3) is 0.611. The summed E-state index contributed by atoms with van der Waals surface area (Å²) in [5.41, 5.74) is 7.66. The molecule has 6 nitrogen and oxygen atoms in total. The van der Waals surface area contributed by atoms with Gasteiger partial charge in [-0.2, -0.15) is 0 Å². The number of phenolic OH excluding ortho intramolecular Hbond substituents is 2. The van der Waals surface area contributed by atoms with E-state index in [-0.39, 0.29) is 0 Å². The second kappa shape index (κ2) is 15.2. The molecule has 6 heteroatoms. The fourth-order valence-electron chi connectivity index (χ4n) is 6.20. The summed E-state index contributed by atoms with van der Waals surface area (Å²) in [6.45, 7) is 19.7. The lowest BCUT2D eigenvalue weighted by Crippen LogP contribution is -2.50. The summed E-state index contributed by atoms with van der Waals surface area (Å²) in [7, 11) is 4.38. The van der Waals surface area contributed by atoms with Gasteiger partial charge in [0, 0.05) is 71.9 Å². The first-order valence-electron chi connectivity index (χ1n) is 15.9. The van der Waals surface area contributed by atoms with Crippen molar-refractivity contribution in [3.05, 3.63) is 57.6 Å². The van der Waals surface area contributed by atoms with E-state index in [4.69, 9.17) is 9.98 Å². The molecule has 0 saturated heterocycles. The lowest BCUT2D eigenvalue weighted by molar-refractivity contribution is 0.0685. The van der Waals surface area contributed by atoms with Crippen LogP contribution in [0, 0.1) is 25.7 Å². The molecule has 232 valence electrons. The van der Waals surface area contributed by atoms with Crippen molar-refractivity contribution in [3.8, 4) is 11.5 Å². The molecule has 2 N–H and O–H groups in total. The van der Waals surface area contributed by atoms with Gasteiger partial charge >= 0.3 is 0 Å². The van der Waals surface area contributed by atoms with Crippen LogP contribution in [-0.2, 0) is 13.1 Å². The van der Waals surface area contributed by atoms with E-state index in [1.54, 1.807) is 0 Å². The zero-order valence-corrected chi connectivity index (χ0v) is 28.0. The second-order valence-electron chi connectivity index (χ2n) is 13.5. The molecular formula is C36H56N4O2. The maximum absolute atomic E-state index is 11.3. The normalized spacial score (nSPS) is 18.6. The number of aryl methyl sites for hydroxylation is 2. The highest BCUT2D eigenvalue weighted by atomic mass is 16.3. The van der Waals surface area contributed by atoms with Gasteiger partial charge < -0.3 is 10.2 Å².